The van der Waals surface area contributed by atoms with Crippen LogP contribution in [0.4, 0.5) is 23.0 Å². The van der Waals surface area contributed by atoms with Crippen LogP contribution in [0, 0.1) is 5.92 Å². The van der Waals surface area contributed by atoms with Crippen LogP contribution in [0.1, 0.15) is 25.7 Å². The Bertz CT molecular complexity index is 1560. The summed E-state index contributed by atoms with van der Waals surface area (Å²) in [5.41, 5.74) is 5.18. The number of ether oxygens (including phenoxy) is 1. The Morgan fingerprint density at radius 3 is 2.71 bits per heavy atom. The minimum atomic E-state index is -0.282. The lowest BCUT2D eigenvalue weighted by Crippen LogP contribution is -2.29. The highest BCUT2D eigenvalue weighted by molar-refractivity contribution is 6.02. The van der Waals surface area contributed by atoms with Crippen LogP contribution < -0.4 is 20.3 Å². The third-order valence-electron chi connectivity index (χ3n) is 7.62. The lowest BCUT2D eigenvalue weighted by atomic mass is 10.1. The van der Waals surface area contributed by atoms with E-state index >= 15 is 0 Å². The van der Waals surface area contributed by atoms with Crippen LogP contribution in [0.5, 0.6) is 5.75 Å². The third kappa shape index (κ3) is 7.09. The van der Waals surface area contributed by atoms with Gasteiger partial charge in [-0.2, -0.15) is 0 Å². The normalized spacial score (nSPS) is 12.9. The van der Waals surface area contributed by atoms with Gasteiger partial charge in [-0.25, -0.2) is 9.97 Å². The van der Waals surface area contributed by atoms with Gasteiger partial charge in [0.15, 0.2) is 0 Å². The summed E-state index contributed by atoms with van der Waals surface area (Å²) in [5, 5.41) is 7.50. The van der Waals surface area contributed by atoms with Gasteiger partial charge < -0.3 is 29.7 Å². The predicted octanol–water partition coefficient (Wildman–Crippen LogP) is 6.07. The van der Waals surface area contributed by atoms with Gasteiger partial charge >= 0.3 is 0 Å². The highest BCUT2D eigenvalue weighted by Crippen LogP contribution is 2.39. The summed E-state index contributed by atoms with van der Waals surface area (Å²) in [4.78, 5) is 26.1. The van der Waals surface area contributed by atoms with Crippen molar-refractivity contribution in [1.29, 1.82) is 0 Å². The number of aryl methyl sites for hydroxylation is 1. The highest BCUT2D eigenvalue weighted by Gasteiger charge is 2.21. The van der Waals surface area contributed by atoms with E-state index in [0.29, 0.717) is 29.7 Å². The van der Waals surface area contributed by atoms with E-state index in [1.807, 2.05) is 58.5 Å². The van der Waals surface area contributed by atoms with Crippen molar-refractivity contribution in [2.24, 2.45) is 13.0 Å². The van der Waals surface area contributed by atoms with Crippen molar-refractivity contribution in [3.05, 3.63) is 67.5 Å². The van der Waals surface area contributed by atoms with E-state index in [2.05, 4.69) is 54.9 Å². The minimum Gasteiger partial charge on any atom is -0.491 e. The summed E-state index contributed by atoms with van der Waals surface area (Å²) >= 11 is 0. The predicted molar refractivity (Wildman–Crippen MR) is 172 cm³/mol. The number of carbonyl (C=O) groups excluding carboxylic acids is 1. The fourth-order valence-electron chi connectivity index (χ4n) is 5.05. The molecule has 5 rings (SSSR count). The zero-order valence-corrected chi connectivity index (χ0v) is 25.1. The molecule has 1 amide bonds. The largest absolute Gasteiger partial charge is 0.491 e. The zero-order chi connectivity index (χ0) is 29.6. The van der Waals surface area contributed by atoms with E-state index in [-0.39, 0.29) is 5.91 Å². The number of carbonyl (C=O) groups is 1. The molecule has 0 spiro atoms. The van der Waals surface area contributed by atoms with Gasteiger partial charge in [-0.1, -0.05) is 37.6 Å². The summed E-state index contributed by atoms with van der Waals surface area (Å²) in [5.74, 6) is 1.70. The summed E-state index contributed by atoms with van der Waals surface area (Å²) < 4.78 is 8.48. The van der Waals surface area contributed by atoms with Crippen LogP contribution in [0.2, 0.25) is 0 Å². The van der Waals surface area contributed by atoms with Gasteiger partial charge in [0.05, 0.1) is 29.4 Å². The number of likely N-dealkylation sites (N-methyl/N-ethyl adjacent to an activating group) is 2. The first-order valence-corrected chi connectivity index (χ1v) is 14.6. The van der Waals surface area contributed by atoms with E-state index in [9.17, 15) is 4.79 Å². The molecule has 42 heavy (non-hydrogen) atoms. The molecule has 4 aromatic rings. The minimum absolute atomic E-state index is 0.282. The second-order valence-electron chi connectivity index (χ2n) is 11.3. The number of aromatic nitrogens is 3. The molecule has 0 unspecified atom stereocenters. The Hall–Kier alpha value is -4.37. The van der Waals surface area contributed by atoms with Gasteiger partial charge in [-0.05, 0) is 57.1 Å². The lowest BCUT2D eigenvalue weighted by molar-refractivity contribution is -0.111. The van der Waals surface area contributed by atoms with Gasteiger partial charge in [0.1, 0.15) is 5.75 Å². The molecule has 2 heterocycles. The first kappa shape index (κ1) is 29.1. The monoisotopic (exact) mass is 567 g/mol. The topological polar surface area (TPSA) is 87.5 Å². The standard InChI is InChI=1S/C33H41N7O2/c1-6-32(41)35-27-20-28(31(42-19-9-10-23-13-14-23)21-30(27)39(4)18-17-38(2)3)37-33-34-16-15-26(36-33)25-22-40(5)29-12-8-7-11-24(25)29/h6-8,11-12,15-16,20-23H,1,9-10,13-14,17-19H2,2-5H3,(H,35,41)(H,34,36,37). The molecule has 0 aliphatic heterocycles. The molecule has 1 aliphatic rings. The number of para-hydroxylation sites is 1. The van der Waals surface area contributed by atoms with E-state index < -0.39 is 0 Å². The summed E-state index contributed by atoms with van der Waals surface area (Å²) in [6.07, 6.45) is 9.96. The van der Waals surface area contributed by atoms with E-state index in [1.165, 1.54) is 25.3 Å². The molecule has 0 radical (unpaired) electrons. The van der Waals surface area contributed by atoms with Crippen LogP contribution in [0.25, 0.3) is 22.2 Å². The van der Waals surface area contributed by atoms with E-state index in [4.69, 9.17) is 9.72 Å². The molecule has 0 atom stereocenters. The maximum Gasteiger partial charge on any atom is 0.247 e. The van der Waals surface area contributed by atoms with Crippen LogP contribution in [-0.2, 0) is 11.8 Å². The molecule has 1 saturated carbocycles. The van der Waals surface area contributed by atoms with Crippen molar-refractivity contribution in [3.63, 3.8) is 0 Å². The molecule has 9 heteroatoms. The number of hydrogen-bond donors (Lipinski definition) is 2. The highest BCUT2D eigenvalue weighted by atomic mass is 16.5. The van der Waals surface area contributed by atoms with Gasteiger partial charge in [0, 0.05) is 62.1 Å². The second-order valence-corrected chi connectivity index (χ2v) is 11.3. The van der Waals surface area contributed by atoms with Crippen LogP contribution >= 0.6 is 0 Å². The SMILES string of the molecule is C=CC(=O)Nc1cc(Nc2nccc(-c3cn(C)c4ccccc34)n2)c(OCCCC2CC2)cc1N(C)CCN(C)C. The molecular formula is C33H41N7O2. The summed E-state index contributed by atoms with van der Waals surface area (Å²) in [6.45, 7) is 5.88. The van der Waals surface area contributed by atoms with Crippen molar-refractivity contribution in [2.45, 2.75) is 25.7 Å². The number of amides is 1. The third-order valence-corrected chi connectivity index (χ3v) is 7.62. The number of fused-ring (bicyclic) bond motifs is 1. The number of nitrogens with one attached hydrogen (secondary N) is 2. The Kier molecular flexibility index (Phi) is 9.07. The molecule has 1 fully saturated rings. The second kappa shape index (κ2) is 13.1. The molecule has 1 aliphatic carbocycles. The molecule has 220 valence electrons. The summed E-state index contributed by atoms with van der Waals surface area (Å²) in [6, 6.07) is 14.1. The number of hydrogen-bond acceptors (Lipinski definition) is 7. The number of benzene rings is 2. The maximum absolute atomic E-state index is 12.4. The zero-order valence-electron chi connectivity index (χ0n) is 25.1. The average Bonchev–Trinajstić information content (AvgIpc) is 3.76. The molecule has 9 nitrogen and oxygen atoms in total. The van der Waals surface area contributed by atoms with Crippen molar-refractivity contribution >= 4 is 39.8 Å². The van der Waals surface area contributed by atoms with Crippen molar-refractivity contribution in [3.8, 4) is 17.0 Å². The number of nitrogens with zero attached hydrogens (tertiary/aromatic N) is 5. The smallest absolute Gasteiger partial charge is 0.247 e. The van der Waals surface area contributed by atoms with Gasteiger partial charge in [0.25, 0.3) is 0 Å². The molecule has 2 aromatic heterocycles. The average molecular weight is 568 g/mol. The quantitative estimate of drug-likeness (QED) is 0.141. The molecule has 2 N–H and O–H groups in total. The Morgan fingerprint density at radius 1 is 1.14 bits per heavy atom. The van der Waals surface area contributed by atoms with Crippen molar-refractivity contribution in [2.75, 3.05) is 56.4 Å². The molecule has 0 saturated heterocycles. The lowest BCUT2D eigenvalue weighted by Gasteiger charge is -2.26. The van der Waals surface area contributed by atoms with Crippen LogP contribution in [0.3, 0.4) is 0 Å². The van der Waals surface area contributed by atoms with Gasteiger partial charge in [0.2, 0.25) is 11.9 Å². The van der Waals surface area contributed by atoms with Crippen molar-refractivity contribution < 1.29 is 9.53 Å². The maximum atomic E-state index is 12.4. The molecular weight excluding hydrogens is 526 g/mol. The van der Waals surface area contributed by atoms with E-state index in [1.54, 1.807) is 6.20 Å². The van der Waals surface area contributed by atoms with E-state index in [0.717, 1.165) is 53.3 Å². The Labute approximate surface area is 248 Å². The first-order valence-electron chi connectivity index (χ1n) is 14.6. The number of rotatable bonds is 14. The fourth-order valence-corrected chi connectivity index (χ4v) is 5.05. The van der Waals surface area contributed by atoms with Crippen LogP contribution in [0.15, 0.2) is 67.5 Å². The van der Waals surface area contributed by atoms with Crippen LogP contribution in [-0.4, -0.2) is 66.2 Å². The summed E-state index contributed by atoms with van der Waals surface area (Å²) in [7, 11) is 8.14. The number of anilines is 4. The molecule has 0 bridgehead atoms. The van der Waals surface area contributed by atoms with Crippen molar-refractivity contribution in [1.82, 2.24) is 19.4 Å². The fraction of sp³-hybridized carbons (Fsp3) is 0.364. The van der Waals surface area contributed by atoms with Gasteiger partial charge in [-0.3, -0.25) is 4.79 Å². The first-order chi connectivity index (χ1) is 20.3. The Balaban J connectivity index is 1.49. The molecule has 2 aromatic carbocycles. The Morgan fingerprint density at radius 2 is 1.95 bits per heavy atom. The van der Waals surface area contributed by atoms with Gasteiger partial charge in [-0.15, -0.1) is 0 Å².